The maximum absolute atomic E-state index is 5.88. The van der Waals surface area contributed by atoms with E-state index < -0.39 is 0 Å². The van der Waals surface area contributed by atoms with Crippen molar-refractivity contribution in [2.24, 2.45) is 0 Å². The molecule has 0 amide bonds. The highest BCUT2D eigenvalue weighted by Crippen LogP contribution is 2.09. The Hall–Kier alpha value is -0.930. The van der Waals surface area contributed by atoms with Crippen LogP contribution in [0, 0.1) is 0 Å². The van der Waals surface area contributed by atoms with Gasteiger partial charge in [-0.2, -0.15) is 0 Å². The average Bonchev–Trinajstić information content (AvgIpc) is 2.33. The molecule has 0 fully saturated rings. The molecule has 1 rings (SSSR count). The van der Waals surface area contributed by atoms with Gasteiger partial charge in [-0.05, 0) is 51.8 Å². The van der Waals surface area contributed by atoms with Crippen LogP contribution in [-0.2, 0) is 11.2 Å². The summed E-state index contributed by atoms with van der Waals surface area (Å²) in [6.45, 7) is 10.2. The van der Waals surface area contributed by atoms with Gasteiger partial charge < -0.3 is 10.1 Å². The van der Waals surface area contributed by atoms with Crippen molar-refractivity contribution in [3.05, 3.63) is 30.1 Å². The van der Waals surface area contributed by atoms with Crippen LogP contribution >= 0.6 is 0 Å². The van der Waals surface area contributed by atoms with Gasteiger partial charge >= 0.3 is 0 Å². The van der Waals surface area contributed by atoms with Gasteiger partial charge in [-0.25, -0.2) is 0 Å². The molecule has 3 heteroatoms. The summed E-state index contributed by atoms with van der Waals surface area (Å²) in [6.07, 6.45) is 5.84. The van der Waals surface area contributed by atoms with Crippen LogP contribution in [0.3, 0.4) is 0 Å². The third-order valence-corrected chi connectivity index (χ3v) is 2.61. The Morgan fingerprint density at radius 2 is 2.17 bits per heavy atom. The third kappa shape index (κ3) is 6.72. The molecule has 1 N–H and O–H groups in total. The van der Waals surface area contributed by atoms with E-state index in [-0.39, 0.29) is 5.60 Å². The van der Waals surface area contributed by atoms with Crippen LogP contribution in [0.5, 0.6) is 0 Å². The minimum atomic E-state index is -0.0823. The molecular weight excluding hydrogens is 224 g/mol. The van der Waals surface area contributed by atoms with Crippen molar-refractivity contribution in [2.75, 3.05) is 13.2 Å². The SMILES string of the molecule is CCCNC(COC(C)(C)C)Cc1cccnc1. The zero-order valence-electron chi connectivity index (χ0n) is 12.1. The second-order valence-corrected chi connectivity index (χ2v) is 5.64. The molecule has 1 unspecified atom stereocenters. The van der Waals surface area contributed by atoms with Gasteiger partial charge in [-0.15, -0.1) is 0 Å². The molecule has 0 aliphatic heterocycles. The molecule has 0 aliphatic carbocycles. The highest BCUT2D eigenvalue weighted by Gasteiger charge is 2.15. The molecule has 0 saturated heterocycles. The fraction of sp³-hybridized carbons (Fsp3) is 0.667. The minimum Gasteiger partial charge on any atom is -0.374 e. The number of nitrogens with one attached hydrogen (secondary N) is 1. The molecule has 0 spiro atoms. The fourth-order valence-electron chi connectivity index (χ4n) is 1.69. The lowest BCUT2D eigenvalue weighted by Crippen LogP contribution is -2.38. The maximum atomic E-state index is 5.88. The van der Waals surface area contributed by atoms with E-state index in [1.54, 1.807) is 0 Å². The Kier molecular flexibility index (Phi) is 6.30. The molecular formula is C15H26N2O. The second kappa shape index (κ2) is 7.49. The zero-order valence-corrected chi connectivity index (χ0v) is 12.1. The molecule has 0 aliphatic rings. The molecule has 3 nitrogen and oxygen atoms in total. The summed E-state index contributed by atoms with van der Waals surface area (Å²) in [5.74, 6) is 0. The summed E-state index contributed by atoms with van der Waals surface area (Å²) in [7, 11) is 0. The van der Waals surface area contributed by atoms with E-state index in [9.17, 15) is 0 Å². The molecule has 0 saturated carbocycles. The molecule has 18 heavy (non-hydrogen) atoms. The van der Waals surface area contributed by atoms with E-state index in [1.807, 2.05) is 18.5 Å². The highest BCUT2D eigenvalue weighted by molar-refractivity contribution is 5.10. The van der Waals surface area contributed by atoms with Gasteiger partial charge in [0.2, 0.25) is 0 Å². The predicted octanol–water partition coefficient (Wildman–Crippen LogP) is 2.81. The highest BCUT2D eigenvalue weighted by atomic mass is 16.5. The van der Waals surface area contributed by atoms with E-state index >= 15 is 0 Å². The molecule has 0 radical (unpaired) electrons. The van der Waals surface area contributed by atoms with Crippen molar-refractivity contribution in [3.8, 4) is 0 Å². The van der Waals surface area contributed by atoms with Crippen molar-refractivity contribution in [3.63, 3.8) is 0 Å². The van der Waals surface area contributed by atoms with Gasteiger partial charge in [0.1, 0.15) is 0 Å². The summed E-state index contributed by atoms with van der Waals surface area (Å²) in [5, 5.41) is 3.54. The topological polar surface area (TPSA) is 34.1 Å². The summed E-state index contributed by atoms with van der Waals surface area (Å²) < 4.78 is 5.88. The van der Waals surface area contributed by atoms with E-state index in [1.165, 1.54) is 5.56 Å². The lowest BCUT2D eigenvalue weighted by Gasteiger charge is -2.25. The number of ether oxygens (including phenoxy) is 1. The largest absolute Gasteiger partial charge is 0.374 e. The number of nitrogens with zero attached hydrogens (tertiary/aromatic N) is 1. The standard InChI is InChI=1S/C15H26N2O/c1-5-8-17-14(12-18-15(2,3)4)10-13-7-6-9-16-11-13/h6-7,9,11,14,17H,5,8,10,12H2,1-4H3. The summed E-state index contributed by atoms with van der Waals surface area (Å²) in [6, 6.07) is 4.45. The Labute approximate surface area is 111 Å². The van der Waals surface area contributed by atoms with Crippen LogP contribution in [0.15, 0.2) is 24.5 Å². The van der Waals surface area contributed by atoms with E-state index in [0.717, 1.165) is 26.0 Å². The Bertz CT molecular complexity index is 319. The van der Waals surface area contributed by atoms with Gasteiger partial charge in [-0.1, -0.05) is 13.0 Å². The van der Waals surface area contributed by atoms with Gasteiger partial charge in [0, 0.05) is 18.4 Å². The van der Waals surface area contributed by atoms with Gasteiger partial charge in [-0.3, -0.25) is 4.98 Å². The van der Waals surface area contributed by atoms with Crippen molar-refractivity contribution in [1.82, 2.24) is 10.3 Å². The first-order valence-corrected chi connectivity index (χ1v) is 6.77. The minimum absolute atomic E-state index is 0.0823. The quantitative estimate of drug-likeness (QED) is 0.808. The molecule has 1 aromatic heterocycles. The second-order valence-electron chi connectivity index (χ2n) is 5.64. The maximum Gasteiger partial charge on any atom is 0.0630 e. The van der Waals surface area contributed by atoms with E-state index in [2.05, 4.69) is 44.1 Å². The van der Waals surface area contributed by atoms with Crippen LogP contribution < -0.4 is 5.32 Å². The summed E-state index contributed by atoms with van der Waals surface area (Å²) in [4.78, 5) is 4.16. The van der Waals surface area contributed by atoms with Crippen molar-refractivity contribution in [1.29, 1.82) is 0 Å². The molecule has 0 bridgehead atoms. The number of rotatable bonds is 7. The molecule has 1 atom stereocenters. The first kappa shape index (κ1) is 15.1. The number of hydrogen-bond donors (Lipinski definition) is 1. The van der Waals surface area contributed by atoms with E-state index in [4.69, 9.17) is 4.74 Å². The first-order valence-electron chi connectivity index (χ1n) is 6.77. The number of hydrogen-bond acceptors (Lipinski definition) is 3. The lowest BCUT2D eigenvalue weighted by molar-refractivity contribution is -0.0143. The lowest BCUT2D eigenvalue weighted by atomic mass is 10.1. The Balaban J connectivity index is 2.50. The Morgan fingerprint density at radius 1 is 1.39 bits per heavy atom. The number of pyridine rings is 1. The zero-order chi connectivity index (χ0) is 13.4. The van der Waals surface area contributed by atoms with Crippen LogP contribution in [0.2, 0.25) is 0 Å². The van der Waals surface area contributed by atoms with Gasteiger partial charge in [0.25, 0.3) is 0 Å². The smallest absolute Gasteiger partial charge is 0.0630 e. The van der Waals surface area contributed by atoms with Crippen molar-refractivity contribution >= 4 is 0 Å². The summed E-state index contributed by atoms with van der Waals surface area (Å²) in [5.41, 5.74) is 1.17. The Morgan fingerprint density at radius 3 is 2.72 bits per heavy atom. The van der Waals surface area contributed by atoms with Gasteiger partial charge in [0.05, 0.1) is 12.2 Å². The average molecular weight is 250 g/mol. The fourth-order valence-corrected chi connectivity index (χ4v) is 1.69. The molecule has 1 heterocycles. The van der Waals surface area contributed by atoms with Gasteiger partial charge in [0.15, 0.2) is 0 Å². The van der Waals surface area contributed by atoms with Crippen LogP contribution in [-0.4, -0.2) is 29.8 Å². The normalized spacial score (nSPS) is 13.6. The first-order chi connectivity index (χ1) is 8.51. The summed E-state index contributed by atoms with van der Waals surface area (Å²) >= 11 is 0. The van der Waals surface area contributed by atoms with Crippen molar-refractivity contribution in [2.45, 2.75) is 52.2 Å². The predicted molar refractivity (Wildman–Crippen MR) is 75.7 cm³/mol. The molecule has 1 aromatic rings. The van der Waals surface area contributed by atoms with Crippen LogP contribution in [0.1, 0.15) is 39.7 Å². The van der Waals surface area contributed by atoms with Crippen LogP contribution in [0.4, 0.5) is 0 Å². The molecule has 102 valence electrons. The third-order valence-electron chi connectivity index (χ3n) is 2.61. The van der Waals surface area contributed by atoms with Crippen LogP contribution in [0.25, 0.3) is 0 Å². The van der Waals surface area contributed by atoms with Crippen molar-refractivity contribution < 1.29 is 4.74 Å². The number of aromatic nitrogens is 1. The monoisotopic (exact) mass is 250 g/mol. The molecule has 0 aromatic carbocycles. The van der Waals surface area contributed by atoms with E-state index in [0.29, 0.717) is 6.04 Å².